The number of primary amides is 1. The molecule has 0 aliphatic carbocycles. The average molecular weight is 358 g/mol. The maximum atomic E-state index is 11.5. The Kier molecular flexibility index (Phi) is 4.39. The average Bonchev–Trinajstić information content (AvgIpc) is 2.34. The molecule has 0 heterocycles. The van der Waals surface area contributed by atoms with Crippen molar-refractivity contribution in [1.29, 1.82) is 0 Å². The van der Waals surface area contributed by atoms with Crippen LogP contribution >= 0.6 is 39.3 Å². The Balaban J connectivity index is 2.44. The van der Waals surface area contributed by atoms with Gasteiger partial charge in [-0.05, 0) is 36.4 Å². The van der Waals surface area contributed by atoms with Crippen LogP contribution < -0.4 is 11.5 Å². The van der Waals surface area contributed by atoms with Crippen molar-refractivity contribution in [3.63, 3.8) is 0 Å². The van der Waals surface area contributed by atoms with Gasteiger partial charge in [0, 0.05) is 20.0 Å². The van der Waals surface area contributed by atoms with Crippen LogP contribution in [0.2, 0.25) is 5.02 Å². The highest BCUT2D eigenvalue weighted by Crippen LogP contribution is 2.37. The first-order valence-electron chi connectivity index (χ1n) is 5.29. The summed E-state index contributed by atoms with van der Waals surface area (Å²) >= 11 is 10.9. The largest absolute Gasteiger partial charge is 0.399 e. The fourth-order valence-corrected chi connectivity index (χ4v) is 3.06. The zero-order valence-corrected chi connectivity index (χ0v) is 12.8. The zero-order chi connectivity index (χ0) is 14.0. The van der Waals surface area contributed by atoms with Crippen molar-refractivity contribution in [2.24, 2.45) is 5.73 Å². The molecule has 0 radical (unpaired) electrons. The summed E-state index contributed by atoms with van der Waals surface area (Å²) in [4.78, 5) is 13.0. The van der Waals surface area contributed by atoms with Crippen molar-refractivity contribution < 1.29 is 4.79 Å². The van der Waals surface area contributed by atoms with Crippen LogP contribution in [-0.4, -0.2) is 5.91 Å². The van der Waals surface area contributed by atoms with Gasteiger partial charge in [0.1, 0.15) is 0 Å². The third kappa shape index (κ3) is 3.43. The van der Waals surface area contributed by atoms with E-state index in [9.17, 15) is 4.79 Å². The normalized spacial score (nSPS) is 10.4. The van der Waals surface area contributed by atoms with Crippen LogP contribution in [0.15, 0.2) is 50.7 Å². The van der Waals surface area contributed by atoms with E-state index < -0.39 is 5.91 Å². The first kappa shape index (κ1) is 14.2. The van der Waals surface area contributed by atoms with E-state index in [-0.39, 0.29) is 0 Å². The van der Waals surface area contributed by atoms with Crippen LogP contribution in [-0.2, 0) is 0 Å². The van der Waals surface area contributed by atoms with Crippen molar-refractivity contribution >= 4 is 50.9 Å². The molecule has 2 rings (SSSR count). The van der Waals surface area contributed by atoms with E-state index in [0.717, 1.165) is 9.37 Å². The quantitative estimate of drug-likeness (QED) is 0.818. The monoisotopic (exact) mass is 356 g/mol. The van der Waals surface area contributed by atoms with E-state index in [1.165, 1.54) is 17.8 Å². The van der Waals surface area contributed by atoms with Crippen molar-refractivity contribution in [2.45, 2.75) is 9.79 Å². The van der Waals surface area contributed by atoms with Crippen molar-refractivity contribution in [2.75, 3.05) is 5.73 Å². The molecule has 0 saturated heterocycles. The molecule has 3 nitrogen and oxygen atoms in total. The molecule has 0 atom stereocenters. The van der Waals surface area contributed by atoms with Gasteiger partial charge in [-0.2, -0.15) is 0 Å². The zero-order valence-electron chi connectivity index (χ0n) is 9.69. The molecule has 2 aromatic rings. The van der Waals surface area contributed by atoms with E-state index >= 15 is 0 Å². The molecule has 0 spiro atoms. The summed E-state index contributed by atoms with van der Waals surface area (Å²) in [7, 11) is 0. The minimum absolute atomic E-state index is 0.331. The highest BCUT2D eigenvalue weighted by Gasteiger charge is 2.14. The summed E-state index contributed by atoms with van der Waals surface area (Å²) in [5.41, 5.74) is 11.8. The molecule has 0 aromatic heterocycles. The third-order valence-electron chi connectivity index (χ3n) is 2.36. The number of anilines is 1. The molecule has 4 N–H and O–H groups in total. The van der Waals surface area contributed by atoms with Gasteiger partial charge in [0.25, 0.3) is 0 Å². The molecule has 19 heavy (non-hydrogen) atoms. The van der Waals surface area contributed by atoms with Gasteiger partial charge in [0.15, 0.2) is 0 Å². The summed E-state index contributed by atoms with van der Waals surface area (Å²) in [6.07, 6.45) is 0. The molecule has 0 unspecified atom stereocenters. The number of hydrogen-bond acceptors (Lipinski definition) is 3. The summed E-state index contributed by atoms with van der Waals surface area (Å²) in [6.45, 7) is 0. The van der Waals surface area contributed by atoms with Crippen molar-refractivity contribution in [1.82, 2.24) is 0 Å². The molecule has 2 aromatic carbocycles. The van der Waals surface area contributed by atoms with E-state index in [1.54, 1.807) is 6.07 Å². The van der Waals surface area contributed by atoms with Gasteiger partial charge in [-0.1, -0.05) is 39.3 Å². The number of nitrogens with two attached hydrogens (primary N) is 2. The van der Waals surface area contributed by atoms with Gasteiger partial charge in [-0.25, -0.2) is 0 Å². The molecule has 0 aliphatic rings. The Hall–Kier alpha value is -1.17. The highest BCUT2D eigenvalue weighted by atomic mass is 79.9. The number of halogens is 2. The molecule has 0 fully saturated rings. The molecular formula is C13H10BrClN2OS. The molecule has 98 valence electrons. The summed E-state index contributed by atoms with van der Waals surface area (Å²) in [6, 6.07) is 10.8. The predicted octanol–water partition coefficient (Wildman–Crippen LogP) is 3.93. The Bertz CT molecular complexity index is 631. The molecular weight excluding hydrogens is 348 g/mol. The Morgan fingerprint density at radius 3 is 2.42 bits per heavy atom. The maximum Gasteiger partial charge on any atom is 0.249 e. The lowest BCUT2D eigenvalue weighted by atomic mass is 10.2. The SMILES string of the molecule is NC(=O)c1cc(N)cc(Cl)c1Sc1ccc(Br)cc1. The first-order chi connectivity index (χ1) is 8.97. The standard InChI is InChI=1S/C13H10BrClN2OS/c14-7-1-3-9(4-2-7)19-12-10(13(17)18)5-8(16)6-11(12)15/h1-6H,16H2,(H2,17,18). The summed E-state index contributed by atoms with van der Waals surface area (Å²) in [5, 5.41) is 0.418. The maximum absolute atomic E-state index is 11.5. The van der Waals surface area contributed by atoms with Gasteiger partial charge in [0.2, 0.25) is 5.91 Å². The van der Waals surface area contributed by atoms with E-state index in [0.29, 0.717) is 21.2 Å². The smallest absolute Gasteiger partial charge is 0.249 e. The highest BCUT2D eigenvalue weighted by molar-refractivity contribution is 9.10. The summed E-state index contributed by atoms with van der Waals surface area (Å²) < 4.78 is 0.982. The number of carbonyl (C=O) groups excluding carboxylic acids is 1. The number of nitrogen functional groups attached to an aromatic ring is 1. The minimum atomic E-state index is -0.547. The molecule has 6 heteroatoms. The molecule has 0 aliphatic heterocycles. The fourth-order valence-electron chi connectivity index (χ4n) is 1.52. The van der Waals surface area contributed by atoms with Gasteiger partial charge in [-0.15, -0.1) is 0 Å². The Morgan fingerprint density at radius 2 is 1.84 bits per heavy atom. The van der Waals surface area contributed by atoms with Gasteiger partial charge in [-0.3, -0.25) is 4.79 Å². The summed E-state index contributed by atoms with van der Waals surface area (Å²) in [5.74, 6) is -0.547. The van der Waals surface area contributed by atoms with Crippen LogP contribution in [0.4, 0.5) is 5.69 Å². The number of amides is 1. The third-order valence-corrected chi connectivity index (χ3v) is 4.46. The second-order valence-electron chi connectivity index (χ2n) is 3.80. The lowest BCUT2D eigenvalue weighted by molar-refractivity contribution is 0.0997. The number of carbonyl (C=O) groups is 1. The molecule has 0 bridgehead atoms. The van der Waals surface area contributed by atoms with E-state index in [2.05, 4.69) is 15.9 Å². The van der Waals surface area contributed by atoms with Crippen LogP contribution in [0.25, 0.3) is 0 Å². The second-order valence-corrected chi connectivity index (χ2v) is 6.21. The van der Waals surface area contributed by atoms with Crippen molar-refractivity contribution in [3.8, 4) is 0 Å². The van der Waals surface area contributed by atoms with Gasteiger partial charge >= 0.3 is 0 Å². The van der Waals surface area contributed by atoms with Crippen LogP contribution in [0.1, 0.15) is 10.4 Å². The van der Waals surface area contributed by atoms with Crippen LogP contribution in [0, 0.1) is 0 Å². The first-order valence-corrected chi connectivity index (χ1v) is 7.28. The number of benzene rings is 2. The second kappa shape index (κ2) is 5.86. The Morgan fingerprint density at radius 1 is 1.21 bits per heavy atom. The topological polar surface area (TPSA) is 69.1 Å². The van der Waals surface area contributed by atoms with Crippen LogP contribution in [0.3, 0.4) is 0 Å². The van der Waals surface area contributed by atoms with E-state index in [4.69, 9.17) is 23.1 Å². The minimum Gasteiger partial charge on any atom is -0.399 e. The molecule has 1 amide bonds. The van der Waals surface area contributed by atoms with Gasteiger partial charge < -0.3 is 11.5 Å². The lowest BCUT2D eigenvalue weighted by Crippen LogP contribution is -2.13. The predicted molar refractivity (Wildman–Crippen MR) is 82.6 cm³/mol. The van der Waals surface area contributed by atoms with Gasteiger partial charge in [0.05, 0.1) is 10.6 Å². The van der Waals surface area contributed by atoms with Crippen LogP contribution in [0.5, 0.6) is 0 Å². The lowest BCUT2D eigenvalue weighted by Gasteiger charge is -2.10. The van der Waals surface area contributed by atoms with E-state index in [1.807, 2.05) is 24.3 Å². The Labute approximate surface area is 128 Å². The number of hydrogen-bond donors (Lipinski definition) is 2. The molecule has 0 saturated carbocycles. The van der Waals surface area contributed by atoms with Crippen molar-refractivity contribution in [3.05, 3.63) is 51.5 Å². The fraction of sp³-hybridized carbons (Fsp3) is 0. The number of rotatable bonds is 3.